The standard InChI is InChI=1S/C14H17N3O/c18-11-12-10-17(9-8-16-6-1-2-7-16)14-13(12)4-3-5-15-14/h3-5,10-11H,1-2,6-9H2. The summed E-state index contributed by atoms with van der Waals surface area (Å²) in [5.74, 6) is 0. The third-order valence-corrected chi connectivity index (χ3v) is 3.65. The monoisotopic (exact) mass is 243 g/mol. The summed E-state index contributed by atoms with van der Waals surface area (Å²) in [6.45, 7) is 4.35. The minimum absolute atomic E-state index is 0.736. The number of fused-ring (bicyclic) bond motifs is 1. The maximum atomic E-state index is 11.0. The van der Waals surface area contributed by atoms with E-state index in [0.717, 1.165) is 36.0 Å². The van der Waals surface area contributed by atoms with Crippen molar-refractivity contribution in [1.82, 2.24) is 14.5 Å². The molecule has 1 aliphatic rings. The molecule has 0 radical (unpaired) electrons. The molecule has 0 aromatic carbocycles. The van der Waals surface area contributed by atoms with E-state index in [2.05, 4.69) is 14.5 Å². The average Bonchev–Trinajstić information content (AvgIpc) is 3.04. The van der Waals surface area contributed by atoms with E-state index in [1.807, 2.05) is 18.3 Å². The molecular formula is C14H17N3O. The largest absolute Gasteiger partial charge is 0.330 e. The Labute approximate surface area is 106 Å². The highest BCUT2D eigenvalue weighted by molar-refractivity contribution is 5.95. The van der Waals surface area contributed by atoms with Crippen LogP contribution < -0.4 is 0 Å². The Morgan fingerprint density at radius 2 is 2.11 bits per heavy atom. The van der Waals surface area contributed by atoms with Gasteiger partial charge in [-0.1, -0.05) is 0 Å². The molecule has 1 saturated heterocycles. The van der Waals surface area contributed by atoms with Crippen LogP contribution >= 0.6 is 0 Å². The number of hydrogen-bond donors (Lipinski definition) is 0. The number of rotatable bonds is 4. The topological polar surface area (TPSA) is 38.1 Å². The zero-order valence-electron chi connectivity index (χ0n) is 10.4. The summed E-state index contributed by atoms with van der Waals surface area (Å²) in [7, 11) is 0. The van der Waals surface area contributed by atoms with E-state index in [0.29, 0.717) is 0 Å². The highest BCUT2D eigenvalue weighted by Crippen LogP contribution is 2.18. The van der Waals surface area contributed by atoms with Crippen LogP contribution in [0.1, 0.15) is 23.2 Å². The lowest BCUT2D eigenvalue weighted by Gasteiger charge is -2.14. The Morgan fingerprint density at radius 1 is 1.28 bits per heavy atom. The van der Waals surface area contributed by atoms with Crippen LogP contribution in [0.5, 0.6) is 0 Å². The molecule has 0 spiro atoms. The number of hydrogen-bond acceptors (Lipinski definition) is 3. The first-order valence-electron chi connectivity index (χ1n) is 6.50. The first kappa shape index (κ1) is 11.4. The maximum Gasteiger partial charge on any atom is 0.152 e. The van der Waals surface area contributed by atoms with Gasteiger partial charge in [0, 0.05) is 36.4 Å². The quantitative estimate of drug-likeness (QED) is 0.770. The second-order valence-corrected chi connectivity index (χ2v) is 4.82. The number of nitrogens with zero attached hydrogens (tertiary/aromatic N) is 3. The Hall–Kier alpha value is -1.68. The van der Waals surface area contributed by atoms with Crippen molar-refractivity contribution in [3.05, 3.63) is 30.1 Å². The van der Waals surface area contributed by atoms with Gasteiger partial charge < -0.3 is 9.47 Å². The number of aldehydes is 1. The average molecular weight is 243 g/mol. The van der Waals surface area contributed by atoms with Crippen molar-refractivity contribution in [1.29, 1.82) is 0 Å². The summed E-state index contributed by atoms with van der Waals surface area (Å²) in [5, 5.41) is 0.953. The van der Waals surface area contributed by atoms with Crippen LogP contribution in [-0.2, 0) is 6.54 Å². The molecule has 4 heteroatoms. The Kier molecular flexibility index (Phi) is 3.11. The van der Waals surface area contributed by atoms with Crippen molar-refractivity contribution < 1.29 is 4.79 Å². The summed E-state index contributed by atoms with van der Waals surface area (Å²) in [6.07, 6.45) is 7.23. The molecule has 0 aliphatic carbocycles. The number of pyridine rings is 1. The molecule has 4 nitrogen and oxygen atoms in total. The van der Waals surface area contributed by atoms with Gasteiger partial charge in [-0.2, -0.15) is 0 Å². The van der Waals surface area contributed by atoms with Crippen molar-refractivity contribution in [2.45, 2.75) is 19.4 Å². The third kappa shape index (κ3) is 2.04. The molecule has 2 aromatic rings. The molecule has 0 bridgehead atoms. The second kappa shape index (κ2) is 4.90. The number of likely N-dealkylation sites (tertiary alicyclic amines) is 1. The molecule has 1 aliphatic heterocycles. The second-order valence-electron chi connectivity index (χ2n) is 4.82. The molecule has 0 saturated carbocycles. The maximum absolute atomic E-state index is 11.0. The first-order chi connectivity index (χ1) is 8.88. The fourth-order valence-electron chi connectivity index (χ4n) is 2.67. The van der Waals surface area contributed by atoms with Crippen molar-refractivity contribution in [2.75, 3.05) is 19.6 Å². The van der Waals surface area contributed by atoms with E-state index in [9.17, 15) is 4.79 Å². The van der Waals surface area contributed by atoms with Gasteiger partial charge in [-0.05, 0) is 38.1 Å². The molecule has 0 atom stereocenters. The lowest BCUT2D eigenvalue weighted by Crippen LogP contribution is -2.23. The fourth-order valence-corrected chi connectivity index (χ4v) is 2.67. The molecule has 94 valence electrons. The van der Waals surface area contributed by atoms with E-state index in [1.165, 1.54) is 25.9 Å². The van der Waals surface area contributed by atoms with E-state index >= 15 is 0 Å². The Morgan fingerprint density at radius 3 is 2.89 bits per heavy atom. The normalized spacial score (nSPS) is 16.4. The molecule has 0 N–H and O–H groups in total. The molecule has 1 fully saturated rings. The van der Waals surface area contributed by atoms with Gasteiger partial charge in [0.1, 0.15) is 5.65 Å². The van der Waals surface area contributed by atoms with Gasteiger partial charge in [0.15, 0.2) is 6.29 Å². The fraction of sp³-hybridized carbons (Fsp3) is 0.429. The highest BCUT2D eigenvalue weighted by Gasteiger charge is 2.13. The van der Waals surface area contributed by atoms with Gasteiger partial charge in [-0.15, -0.1) is 0 Å². The molecule has 0 unspecified atom stereocenters. The summed E-state index contributed by atoms with van der Waals surface area (Å²) >= 11 is 0. The summed E-state index contributed by atoms with van der Waals surface area (Å²) in [6, 6.07) is 3.83. The zero-order chi connectivity index (χ0) is 12.4. The van der Waals surface area contributed by atoms with Crippen molar-refractivity contribution >= 4 is 17.3 Å². The summed E-state index contributed by atoms with van der Waals surface area (Å²) < 4.78 is 2.09. The van der Waals surface area contributed by atoms with Crippen molar-refractivity contribution in [3.8, 4) is 0 Å². The van der Waals surface area contributed by atoms with Crippen LogP contribution in [0, 0.1) is 0 Å². The van der Waals surface area contributed by atoms with Gasteiger partial charge in [0.05, 0.1) is 0 Å². The van der Waals surface area contributed by atoms with Crippen LogP contribution in [0.3, 0.4) is 0 Å². The first-order valence-corrected chi connectivity index (χ1v) is 6.50. The molecule has 3 rings (SSSR count). The van der Waals surface area contributed by atoms with Gasteiger partial charge in [-0.3, -0.25) is 4.79 Å². The van der Waals surface area contributed by atoms with Crippen molar-refractivity contribution in [2.24, 2.45) is 0 Å². The minimum Gasteiger partial charge on any atom is -0.330 e. The molecule has 18 heavy (non-hydrogen) atoms. The SMILES string of the molecule is O=Cc1cn(CCN2CCCC2)c2ncccc12. The highest BCUT2D eigenvalue weighted by atomic mass is 16.1. The third-order valence-electron chi connectivity index (χ3n) is 3.65. The van der Waals surface area contributed by atoms with Crippen LogP contribution in [0.25, 0.3) is 11.0 Å². The van der Waals surface area contributed by atoms with E-state index < -0.39 is 0 Å². The van der Waals surface area contributed by atoms with Crippen molar-refractivity contribution in [3.63, 3.8) is 0 Å². The molecule has 0 amide bonds. The number of aromatic nitrogens is 2. The number of carbonyl (C=O) groups is 1. The van der Waals surface area contributed by atoms with Gasteiger partial charge >= 0.3 is 0 Å². The smallest absolute Gasteiger partial charge is 0.152 e. The van der Waals surface area contributed by atoms with Gasteiger partial charge in [0.2, 0.25) is 0 Å². The predicted octanol–water partition coefficient (Wildman–Crippen LogP) is 1.94. The van der Waals surface area contributed by atoms with Gasteiger partial charge in [0.25, 0.3) is 0 Å². The van der Waals surface area contributed by atoms with Crippen LogP contribution in [0.4, 0.5) is 0 Å². The molecule has 3 heterocycles. The zero-order valence-corrected chi connectivity index (χ0v) is 10.4. The van der Waals surface area contributed by atoms with E-state index in [-0.39, 0.29) is 0 Å². The number of carbonyl (C=O) groups excluding carboxylic acids is 1. The molecular weight excluding hydrogens is 226 g/mol. The Balaban J connectivity index is 1.84. The predicted molar refractivity (Wildman–Crippen MR) is 70.8 cm³/mol. The molecule has 2 aromatic heterocycles. The lowest BCUT2D eigenvalue weighted by atomic mass is 10.2. The van der Waals surface area contributed by atoms with Crippen LogP contribution in [0.15, 0.2) is 24.5 Å². The van der Waals surface area contributed by atoms with Gasteiger partial charge in [-0.25, -0.2) is 4.98 Å². The van der Waals surface area contributed by atoms with E-state index in [4.69, 9.17) is 0 Å². The summed E-state index contributed by atoms with van der Waals surface area (Å²) in [5.41, 5.74) is 1.65. The Bertz CT molecular complexity index is 555. The van der Waals surface area contributed by atoms with Crippen LogP contribution in [-0.4, -0.2) is 40.4 Å². The summed E-state index contributed by atoms with van der Waals surface area (Å²) in [4.78, 5) is 17.9. The minimum atomic E-state index is 0.736. The lowest BCUT2D eigenvalue weighted by molar-refractivity contribution is 0.112. The van der Waals surface area contributed by atoms with E-state index in [1.54, 1.807) is 6.20 Å². The van der Waals surface area contributed by atoms with Crippen LogP contribution in [0.2, 0.25) is 0 Å².